The molecule has 0 radical (unpaired) electrons. The van der Waals surface area contributed by atoms with Crippen molar-refractivity contribution < 1.29 is 19.2 Å². The average Bonchev–Trinajstić information content (AvgIpc) is 2.88. The Bertz CT molecular complexity index is 593. The maximum atomic E-state index is 10.5. The lowest BCUT2D eigenvalue weighted by atomic mass is 10.2. The van der Waals surface area contributed by atoms with Crippen LogP contribution in [-0.4, -0.2) is 16.2 Å². The van der Waals surface area contributed by atoms with Gasteiger partial charge in [-0.15, -0.1) is 0 Å². The molecule has 1 aromatic carbocycles. The van der Waals surface area contributed by atoms with Gasteiger partial charge >= 0.3 is 5.97 Å². The predicted molar refractivity (Wildman–Crippen MR) is 69.0 cm³/mol. The molecule has 5 nitrogen and oxygen atoms in total. The number of aliphatic carboxylic acids is 1. The van der Waals surface area contributed by atoms with Crippen molar-refractivity contribution in [3.8, 4) is 5.75 Å². The van der Waals surface area contributed by atoms with Crippen molar-refractivity contribution in [2.45, 2.75) is 6.61 Å². The zero-order chi connectivity index (χ0) is 13.7. The van der Waals surface area contributed by atoms with E-state index in [-0.39, 0.29) is 6.61 Å². The van der Waals surface area contributed by atoms with Crippen molar-refractivity contribution in [3.63, 3.8) is 0 Å². The first kappa shape index (κ1) is 13.2. The molecule has 2 aromatic rings. The molecule has 1 heterocycles. The van der Waals surface area contributed by atoms with Crippen LogP contribution in [0.1, 0.15) is 11.3 Å². The summed E-state index contributed by atoms with van der Waals surface area (Å²) in [6.45, 7) is 0.189. The summed E-state index contributed by atoms with van der Waals surface area (Å²) in [4.78, 5) is 10.5. The highest BCUT2D eigenvalue weighted by molar-refractivity contribution is 6.32. The van der Waals surface area contributed by atoms with E-state index < -0.39 is 5.97 Å². The molecule has 0 saturated heterocycles. The second kappa shape index (κ2) is 6.06. The summed E-state index contributed by atoms with van der Waals surface area (Å²) < 4.78 is 10.4. The van der Waals surface area contributed by atoms with E-state index in [0.29, 0.717) is 22.1 Å². The minimum absolute atomic E-state index is 0.189. The van der Waals surface area contributed by atoms with Gasteiger partial charge in [-0.2, -0.15) is 0 Å². The molecule has 0 aliphatic rings. The van der Waals surface area contributed by atoms with Crippen molar-refractivity contribution in [3.05, 3.63) is 52.9 Å². The Morgan fingerprint density at radius 1 is 1.47 bits per heavy atom. The van der Waals surface area contributed by atoms with Crippen LogP contribution in [0.15, 0.2) is 41.1 Å². The van der Waals surface area contributed by atoms with E-state index in [9.17, 15) is 4.79 Å². The number of hydrogen-bond acceptors (Lipinski definition) is 4. The maximum Gasteiger partial charge on any atom is 0.328 e. The van der Waals surface area contributed by atoms with Crippen LogP contribution < -0.4 is 4.74 Å². The second-order valence-electron chi connectivity index (χ2n) is 3.59. The van der Waals surface area contributed by atoms with Crippen molar-refractivity contribution >= 4 is 23.6 Å². The number of benzene rings is 1. The van der Waals surface area contributed by atoms with Crippen LogP contribution in [0.2, 0.25) is 5.02 Å². The van der Waals surface area contributed by atoms with Gasteiger partial charge in [-0.25, -0.2) is 4.79 Å². The summed E-state index contributed by atoms with van der Waals surface area (Å²) in [5.74, 6) is -0.0179. The molecule has 0 unspecified atom stereocenters. The molecule has 19 heavy (non-hydrogen) atoms. The number of rotatable bonds is 5. The molecule has 98 valence electrons. The molecule has 2 rings (SSSR count). The Balaban J connectivity index is 2.19. The third kappa shape index (κ3) is 3.59. The van der Waals surface area contributed by atoms with E-state index >= 15 is 0 Å². The molecular formula is C13H10ClNO4. The van der Waals surface area contributed by atoms with E-state index in [1.807, 2.05) is 0 Å². The summed E-state index contributed by atoms with van der Waals surface area (Å²) in [5, 5.41) is 12.6. The highest BCUT2D eigenvalue weighted by atomic mass is 35.5. The molecular weight excluding hydrogens is 270 g/mol. The number of carboxylic acids is 1. The molecule has 1 aromatic heterocycles. The number of carbonyl (C=O) groups is 1. The lowest BCUT2D eigenvalue weighted by Crippen LogP contribution is -1.96. The van der Waals surface area contributed by atoms with Crippen molar-refractivity contribution in [1.82, 2.24) is 5.16 Å². The van der Waals surface area contributed by atoms with Crippen LogP contribution in [0.3, 0.4) is 0 Å². The minimum atomic E-state index is -1.05. The zero-order valence-electron chi connectivity index (χ0n) is 9.75. The highest BCUT2D eigenvalue weighted by Crippen LogP contribution is 2.28. The van der Waals surface area contributed by atoms with E-state index in [0.717, 1.165) is 6.08 Å². The molecule has 0 amide bonds. The fourth-order valence-electron chi connectivity index (χ4n) is 1.42. The lowest BCUT2D eigenvalue weighted by molar-refractivity contribution is -0.131. The third-order valence-electron chi connectivity index (χ3n) is 2.27. The lowest BCUT2D eigenvalue weighted by Gasteiger charge is -2.08. The Morgan fingerprint density at radius 2 is 2.32 bits per heavy atom. The van der Waals surface area contributed by atoms with Crippen LogP contribution >= 0.6 is 11.6 Å². The van der Waals surface area contributed by atoms with Gasteiger partial charge in [0, 0.05) is 17.7 Å². The Hall–Kier alpha value is -2.27. The van der Waals surface area contributed by atoms with Crippen molar-refractivity contribution in [2.75, 3.05) is 0 Å². The predicted octanol–water partition coefficient (Wildman–Crippen LogP) is 3.00. The summed E-state index contributed by atoms with van der Waals surface area (Å²) >= 11 is 6.01. The summed E-state index contributed by atoms with van der Waals surface area (Å²) in [6.07, 6.45) is 3.91. The molecule has 0 fully saturated rings. The van der Waals surface area contributed by atoms with E-state index in [1.165, 1.54) is 12.3 Å². The highest BCUT2D eigenvalue weighted by Gasteiger charge is 2.07. The van der Waals surface area contributed by atoms with E-state index in [1.54, 1.807) is 24.3 Å². The third-order valence-corrected chi connectivity index (χ3v) is 2.60. The first-order valence-corrected chi connectivity index (χ1v) is 5.76. The largest absolute Gasteiger partial charge is 0.485 e. The standard InChI is InChI=1S/C13H10ClNO4/c14-11-2-1-3-12(10(11)4-5-13(16)17)18-8-9-6-7-15-19-9/h1-7H,8H2,(H,16,17)/b5-4+. The van der Waals surface area contributed by atoms with Crippen LogP contribution in [-0.2, 0) is 11.4 Å². The number of halogens is 1. The van der Waals surface area contributed by atoms with E-state index in [4.69, 9.17) is 26.0 Å². The SMILES string of the molecule is O=C(O)/C=C/c1c(Cl)cccc1OCc1ccno1. The molecule has 0 saturated carbocycles. The molecule has 0 bridgehead atoms. The molecule has 0 spiro atoms. The first-order valence-electron chi connectivity index (χ1n) is 5.38. The van der Waals surface area contributed by atoms with Gasteiger partial charge in [0.25, 0.3) is 0 Å². The topological polar surface area (TPSA) is 72.6 Å². The molecule has 0 aliphatic carbocycles. The van der Waals surface area contributed by atoms with Gasteiger partial charge in [0.05, 0.1) is 11.2 Å². The molecule has 1 N–H and O–H groups in total. The molecule has 0 aliphatic heterocycles. The van der Waals surface area contributed by atoms with Gasteiger partial charge in [-0.3, -0.25) is 0 Å². The van der Waals surface area contributed by atoms with Gasteiger partial charge in [0.1, 0.15) is 12.4 Å². The fraction of sp³-hybridized carbons (Fsp3) is 0.0769. The van der Waals surface area contributed by atoms with Crippen LogP contribution in [0.5, 0.6) is 5.75 Å². The van der Waals surface area contributed by atoms with Gasteiger partial charge in [-0.05, 0) is 18.2 Å². The fourth-order valence-corrected chi connectivity index (χ4v) is 1.65. The van der Waals surface area contributed by atoms with E-state index in [2.05, 4.69) is 5.16 Å². The van der Waals surface area contributed by atoms with Gasteiger partial charge in [0.15, 0.2) is 5.76 Å². The second-order valence-corrected chi connectivity index (χ2v) is 4.00. The Morgan fingerprint density at radius 3 is 3.00 bits per heavy atom. The number of aromatic nitrogens is 1. The average molecular weight is 280 g/mol. The zero-order valence-corrected chi connectivity index (χ0v) is 10.5. The first-order chi connectivity index (χ1) is 9.16. The molecule has 0 atom stereocenters. The summed E-state index contributed by atoms with van der Waals surface area (Å²) in [7, 11) is 0. The summed E-state index contributed by atoms with van der Waals surface area (Å²) in [5.41, 5.74) is 0.506. The van der Waals surface area contributed by atoms with Gasteiger partial charge in [0.2, 0.25) is 0 Å². The summed E-state index contributed by atoms with van der Waals surface area (Å²) in [6, 6.07) is 6.75. The number of nitrogens with zero attached hydrogens (tertiary/aromatic N) is 1. The number of ether oxygens (including phenoxy) is 1. The van der Waals surface area contributed by atoms with Crippen LogP contribution in [0.4, 0.5) is 0 Å². The molecule has 6 heteroatoms. The van der Waals surface area contributed by atoms with Crippen LogP contribution in [0.25, 0.3) is 6.08 Å². The monoisotopic (exact) mass is 279 g/mol. The number of hydrogen-bond donors (Lipinski definition) is 1. The minimum Gasteiger partial charge on any atom is -0.485 e. The van der Waals surface area contributed by atoms with Gasteiger partial charge in [-0.1, -0.05) is 22.8 Å². The Labute approximate surface area is 114 Å². The quantitative estimate of drug-likeness (QED) is 0.852. The Kier molecular flexibility index (Phi) is 4.20. The maximum absolute atomic E-state index is 10.5. The van der Waals surface area contributed by atoms with Gasteiger partial charge < -0.3 is 14.4 Å². The van der Waals surface area contributed by atoms with Crippen molar-refractivity contribution in [2.24, 2.45) is 0 Å². The van der Waals surface area contributed by atoms with Crippen LogP contribution in [0, 0.1) is 0 Å². The smallest absolute Gasteiger partial charge is 0.328 e. The van der Waals surface area contributed by atoms with Crippen molar-refractivity contribution in [1.29, 1.82) is 0 Å². The number of carboxylic acid groups (broad SMARTS) is 1. The normalized spacial score (nSPS) is 10.8.